The van der Waals surface area contributed by atoms with Crippen LogP contribution in [0.25, 0.3) is 0 Å². The second-order valence-corrected chi connectivity index (χ2v) is 10.0. The Morgan fingerprint density at radius 1 is 1.21 bits per heavy atom. The zero-order valence-corrected chi connectivity index (χ0v) is 20.0. The average Bonchev–Trinajstić information content (AvgIpc) is 3.36. The lowest BCUT2D eigenvalue weighted by molar-refractivity contribution is -0.148. The van der Waals surface area contributed by atoms with Crippen molar-refractivity contribution >= 4 is 23.2 Å². The van der Waals surface area contributed by atoms with E-state index in [4.69, 9.17) is 5.11 Å². The molecule has 8 heteroatoms. The maximum Gasteiger partial charge on any atom is 0.345 e. The number of nitrogens with zero attached hydrogens (tertiary/aromatic N) is 1. The predicted molar refractivity (Wildman–Crippen MR) is 128 cm³/mol. The summed E-state index contributed by atoms with van der Waals surface area (Å²) in [6.07, 6.45) is 5.27. The monoisotopic (exact) mass is 491 g/mol. The van der Waals surface area contributed by atoms with Gasteiger partial charge in [-0.05, 0) is 55.7 Å². The van der Waals surface area contributed by atoms with E-state index < -0.39 is 36.4 Å². The summed E-state index contributed by atoms with van der Waals surface area (Å²) in [4.78, 5) is 25.5. The number of rotatable bonds is 12. The van der Waals surface area contributed by atoms with Crippen LogP contribution in [0.1, 0.15) is 52.7 Å². The van der Waals surface area contributed by atoms with Gasteiger partial charge in [0.15, 0.2) is 0 Å². The van der Waals surface area contributed by atoms with E-state index in [-0.39, 0.29) is 17.3 Å². The summed E-state index contributed by atoms with van der Waals surface area (Å²) >= 11 is 1.15. The van der Waals surface area contributed by atoms with Crippen molar-refractivity contribution in [2.24, 2.45) is 5.92 Å². The third kappa shape index (κ3) is 6.96. The number of likely N-dealkylation sites (tertiary alicyclic amines) is 1. The first kappa shape index (κ1) is 26.0. The lowest BCUT2D eigenvalue weighted by Gasteiger charge is -2.22. The summed E-state index contributed by atoms with van der Waals surface area (Å²) in [5, 5.41) is 19.5. The SMILES string of the molecule is C[C@H](CCCc1ccccc1)[C@H](O)/C=C/[C@H]1CC(F)(F)C(=O)N1CCCc1ccc(C(=O)O)s1. The van der Waals surface area contributed by atoms with Gasteiger partial charge in [0, 0.05) is 17.8 Å². The van der Waals surface area contributed by atoms with Crippen molar-refractivity contribution in [1.82, 2.24) is 4.90 Å². The van der Waals surface area contributed by atoms with Gasteiger partial charge < -0.3 is 15.1 Å². The van der Waals surface area contributed by atoms with E-state index in [2.05, 4.69) is 12.1 Å². The van der Waals surface area contributed by atoms with Gasteiger partial charge in [0.1, 0.15) is 4.88 Å². The van der Waals surface area contributed by atoms with Gasteiger partial charge in [-0.3, -0.25) is 4.79 Å². The highest BCUT2D eigenvalue weighted by Gasteiger charge is 2.52. The quantitative estimate of drug-likeness (QED) is 0.401. The molecule has 2 aromatic rings. The molecule has 1 aromatic carbocycles. The lowest BCUT2D eigenvalue weighted by atomic mass is 9.95. The molecular formula is C26H31F2NO4S. The highest BCUT2D eigenvalue weighted by Crippen LogP contribution is 2.34. The van der Waals surface area contributed by atoms with Crippen LogP contribution in [0.2, 0.25) is 0 Å². The molecule has 3 rings (SSSR count). The molecule has 0 unspecified atom stereocenters. The molecule has 0 saturated carbocycles. The third-order valence-electron chi connectivity index (χ3n) is 6.22. The Bertz CT molecular complexity index is 992. The van der Waals surface area contributed by atoms with E-state index in [0.29, 0.717) is 12.8 Å². The zero-order chi connectivity index (χ0) is 24.7. The number of aliphatic hydroxyl groups excluding tert-OH is 1. The lowest BCUT2D eigenvalue weighted by Crippen LogP contribution is -2.36. The van der Waals surface area contributed by atoms with Crippen molar-refractivity contribution in [1.29, 1.82) is 0 Å². The van der Waals surface area contributed by atoms with Gasteiger partial charge in [0.05, 0.1) is 12.1 Å². The fourth-order valence-electron chi connectivity index (χ4n) is 4.19. The van der Waals surface area contributed by atoms with Gasteiger partial charge in [0.2, 0.25) is 0 Å². The Labute approximate surface area is 202 Å². The zero-order valence-electron chi connectivity index (χ0n) is 19.2. The van der Waals surface area contributed by atoms with Crippen molar-refractivity contribution in [2.45, 2.75) is 63.5 Å². The molecule has 0 spiro atoms. The average molecular weight is 492 g/mol. The minimum absolute atomic E-state index is 0.0340. The molecule has 0 bridgehead atoms. The molecule has 0 radical (unpaired) electrons. The van der Waals surface area contributed by atoms with Crippen LogP contribution < -0.4 is 0 Å². The second-order valence-electron chi connectivity index (χ2n) is 8.88. The molecule has 1 aromatic heterocycles. The number of carbonyl (C=O) groups is 2. The number of carboxylic acid groups (broad SMARTS) is 1. The van der Waals surface area contributed by atoms with E-state index in [9.17, 15) is 23.5 Å². The van der Waals surface area contributed by atoms with Crippen LogP contribution >= 0.6 is 11.3 Å². The normalized spacial score (nSPS) is 19.6. The number of carbonyl (C=O) groups excluding carboxylic acids is 1. The summed E-state index contributed by atoms with van der Waals surface area (Å²) in [7, 11) is 0. The number of benzene rings is 1. The third-order valence-corrected chi connectivity index (χ3v) is 7.35. The van der Waals surface area contributed by atoms with Crippen molar-refractivity contribution in [3.63, 3.8) is 0 Å². The topological polar surface area (TPSA) is 77.8 Å². The number of alkyl halides is 2. The summed E-state index contributed by atoms with van der Waals surface area (Å²) in [5.74, 6) is -5.64. The number of aliphatic hydroxyl groups is 1. The Kier molecular flexibility index (Phi) is 8.97. The number of halogens is 2. The number of hydrogen-bond acceptors (Lipinski definition) is 4. The molecular weight excluding hydrogens is 460 g/mol. The fourth-order valence-corrected chi connectivity index (χ4v) is 5.07. The highest BCUT2D eigenvalue weighted by molar-refractivity contribution is 7.13. The van der Waals surface area contributed by atoms with E-state index in [0.717, 1.165) is 35.5 Å². The molecule has 3 atom stereocenters. The molecule has 2 heterocycles. The minimum atomic E-state index is -3.42. The van der Waals surface area contributed by atoms with Gasteiger partial charge in [-0.2, -0.15) is 8.78 Å². The standard InChI is InChI=1S/C26H31F2NO4S/c1-18(7-5-10-19-8-3-2-4-9-19)22(30)14-12-20-17-26(27,28)25(33)29(20)16-6-11-21-13-15-23(34-21)24(31)32/h2-4,8-9,12-15,18,20,22,30H,5-7,10-11,16-17H2,1H3,(H,31,32)/b14-12+/t18-,20+,22-/m1/s1. The van der Waals surface area contributed by atoms with E-state index in [1.807, 2.05) is 25.1 Å². The summed E-state index contributed by atoms with van der Waals surface area (Å²) in [5.41, 5.74) is 1.24. The van der Waals surface area contributed by atoms with Crippen LogP contribution in [0, 0.1) is 5.92 Å². The number of carboxylic acids is 1. The number of aromatic carboxylic acids is 1. The molecule has 1 aliphatic heterocycles. The molecule has 184 valence electrons. The van der Waals surface area contributed by atoms with Crippen LogP contribution in [-0.2, 0) is 17.6 Å². The Hall–Kier alpha value is -2.58. The summed E-state index contributed by atoms with van der Waals surface area (Å²) < 4.78 is 28.3. The number of aryl methyl sites for hydroxylation is 2. The predicted octanol–water partition coefficient (Wildman–Crippen LogP) is 5.19. The molecule has 0 aliphatic carbocycles. The fraction of sp³-hybridized carbons (Fsp3) is 0.462. The van der Waals surface area contributed by atoms with Crippen LogP contribution in [0.5, 0.6) is 0 Å². The minimum Gasteiger partial charge on any atom is -0.477 e. The number of amides is 1. The molecule has 1 fully saturated rings. The number of thiophene rings is 1. The van der Waals surface area contributed by atoms with E-state index >= 15 is 0 Å². The van der Waals surface area contributed by atoms with Crippen LogP contribution in [0.3, 0.4) is 0 Å². The number of hydrogen-bond donors (Lipinski definition) is 2. The van der Waals surface area contributed by atoms with Gasteiger partial charge in [0.25, 0.3) is 5.91 Å². The van der Waals surface area contributed by atoms with Crippen molar-refractivity contribution in [3.8, 4) is 0 Å². The Balaban J connectivity index is 1.51. The van der Waals surface area contributed by atoms with E-state index in [1.54, 1.807) is 6.07 Å². The second kappa shape index (κ2) is 11.7. The molecule has 34 heavy (non-hydrogen) atoms. The molecule has 1 saturated heterocycles. The van der Waals surface area contributed by atoms with E-state index in [1.165, 1.54) is 28.7 Å². The van der Waals surface area contributed by atoms with Crippen LogP contribution in [-0.4, -0.2) is 51.6 Å². The molecule has 2 N–H and O–H groups in total. The Morgan fingerprint density at radius 3 is 2.62 bits per heavy atom. The van der Waals surface area contributed by atoms with Gasteiger partial charge in [-0.25, -0.2) is 4.79 Å². The van der Waals surface area contributed by atoms with Crippen LogP contribution in [0.15, 0.2) is 54.6 Å². The maximum absolute atomic E-state index is 14.1. The molecule has 5 nitrogen and oxygen atoms in total. The summed E-state index contributed by atoms with van der Waals surface area (Å²) in [6, 6.07) is 12.5. The molecule has 1 aliphatic rings. The first-order valence-corrected chi connectivity index (χ1v) is 12.4. The first-order chi connectivity index (χ1) is 16.2. The van der Waals surface area contributed by atoms with Gasteiger partial charge in [-0.1, -0.05) is 49.4 Å². The Morgan fingerprint density at radius 2 is 1.94 bits per heavy atom. The van der Waals surface area contributed by atoms with Crippen molar-refractivity contribution in [3.05, 3.63) is 69.9 Å². The smallest absolute Gasteiger partial charge is 0.345 e. The van der Waals surface area contributed by atoms with Gasteiger partial charge >= 0.3 is 11.9 Å². The van der Waals surface area contributed by atoms with Gasteiger partial charge in [-0.15, -0.1) is 11.3 Å². The molecule has 1 amide bonds. The highest BCUT2D eigenvalue weighted by atomic mass is 32.1. The summed E-state index contributed by atoms with van der Waals surface area (Å²) in [6.45, 7) is 2.07. The van der Waals surface area contributed by atoms with Crippen molar-refractivity contribution < 1.29 is 28.6 Å². The van der Waals surface area contributed by atoms with Crippen LogP contribution in [0.4, 0.5) is 8.78 Å². The first-order valence-electron chi connectivity index (χ1n) is 11.6. The maximum atomic E-state index is 14.1. The largest absolute Gasteiger partial charge is 0.477 e. The van der Waals surface area contributed by atoms with Crippen molar-refractivity contribution in [2.75, 3.05) is 6.54 Å².